The van der Waals surface area contributed by atoms with E-state index in [1.165, 1.54) is 11.0 Å². The molecular weight excluding hydrogens is 294 g/mol. The van der Waals surface area contributed by atoms with Gasteiger partial charge >= 0.3 is 5.76 Å². The molecule has 1 aliphatic heterocycles. The van der Waals surface area contributed by atoms with E-state index >= 15 is 0 Å². The van der Waals surface area contributed by atoms with Crippen LogP contribution in [0.2, 0.25) is 0 Å². The number of aromatic nitrogens is 2. The number of aliphatic hydroxyl groups excluding tert-OH is 1. The monoisotopic (exact) mass is 317 g/mol. The summed E-state index contributed by atoms with van der Waals surface area (Å²) in [6, 6.07) is 9.39. The number of β-amino-alcohol motifs (C(OH)–C–C–N with tert-alkyl or cyclic N) is 1. The van der Waals surface area contributed by atoms with Crippen molar-refractivity contribution in [3.8, 4) is 11.4 Å². The number of rotatable bonds is 5. The van der Waals surface area contributed by atoms with Crippen LogP contribution in [0.15, 0.2) is 39.6 Å². The SMILES string of the molecule is C[C@H]1CCCN(C[C@@H](O)Cn2c(-c3ccccc3)noc2=O)C1. The minimum Gasteiger partial charge on any atom is -0.390 e. The van der Waals surface area contributed by atoms with Gasteiger partial charge in [-0.05, 0) is 25.3 Å². The zero-order chi connectivity index (χ0) is 16.2. The average molecular weight is 317 g/mol. The van der Waals surface area contributed by atoms with Gasteiger partial charge in [-0.1, -0.05) is 42.4 Å². The Hall–Kier alpha value is -1.92. The lowest BCUT2D eigenvalue weighted by Crippen LogP contribution is -2.41. The van der Waals surface area contributed by atoms with Crippen LogP contribution in [0.1, 0.15) is 19.8 Å². The smallest absolute Gasteiger partial charge is 0.390 e. The molecule has 0 amide bonds. The van der Waals surface area contributed by atoms with Crippen LogP contribution in [0, 0.1) is 5.92 Å². The van der Waals surface area contributed by atoms with E-state index in [2.05, 4.69) is 17.0 Å². The van der Waals surface area contributed by atoms with Gasteiger partial charge in [0.05, 0.1) is 12.6 Å². The first-order valence-electron chi connectivity index (χ1n) is 8.16. The van der Waals surface area contributed by atoms with Gasteiger partial charge in [-0.15, -0.1) is 0 Å². The fourth-order valence-corrected chi connectivity index (χ4v) is 3.24. The van der Waals surface area contributed by atoms with Crippen LogP contribution in [-0.4, -0.2) is 45.5 Å². The Balaban J connectivity index is 1.70. The zero-order valence-electron chi connectivity index (χ0n) is 13.4. The van der Waals surface area contributed by atoms with E-state index in [1.807, 2.05) is 30.3 Å². The molecule has 0 aliphatic carbocycles. The molecule has 124 valence electrons. The average Bonchev–Trinajstić information content (AvgIpc) is 2.89. The van der Waals surface area contributed by atoms with Crippen molar-refractivity contribution in [1.82, 2.24) is 14.6 Å². The Bertz CT molecular complexity index is 680. The number of aliphatic hydroxyl groups is 1. The first-order valence-corrected chi connectivity index (χ1v) is 8.16. The Morgan fingerprint density at radius 3 is 2.87 bits per heavy atom. The molecule has 1 aliphatic rings. The second-order valence-corrected chi connectivity index (χ2v) is 6.41. The van der Waals surface area contributed by atoms with Gasteiger partial charge in [-0.2, -0.15) is 0 Å². The van der Waals surface area contributed by atoms with Crippen LogP contribution in [0.3, 0.4) is 0 Å². The molecule has 23 heavy (non-hydrogen) atoms. The molecule has 2 aromatic rings. The number of benzene rings is 1. The summed E-state index contributed by atoms with van der Waals surface area (Å²) in [5.74, 6) is 0.589. The summed E-state index contributed by atoms with van der Waals surface area (Å²) in [6.07, 6.45) is 1.78. The highest BCUT2D eigenvalue weighted by Crippen LogP contribution is 2.17. The van der Waals surface area contributed by atoms with Crippen molar-refractivity contribution in [2.75, 3.05) is 19.6 Å². The molecule has 1 aromatic carbocycles. The molecule has 0 saturated carbocycles. The van der Waals surface area contributed by atoms with Gasteiger partial charge in [0, 0.05) is 18.7 Å². The van der Waals surface area contributed by atoms with E-state index in [4.69, 9.17) is 4.52 Å². The molecule has 2 atom stereocenters. The minimum absolute atomic E-state index is 0.192. The summed E-state index contributed by atoms with van der Waals surface area (Å²) >= 11 is 0. The number of hydrogen-bond acceptors (Lipinski definition) is 5. The maximum Gasteiger partial charge on any atom is 0.441 e. The van der Waals surface area contributed by atoms with Gasteiger partial charge in [0.2, 0.25) is 0 Å². The third-order valence-electron chi connectivity index (χ3n) is 4.32. The van der Waals surface area contributed by atoms with Crippen molar-refractivity contribution in [3.63, 3.8) is 0 Å². The number of hydrogen-bond donors (Lipinski definition) is 1. The van der Waals surface area contributed by atoms with E-state index in [0.717, 1.165) is 25.1 Å². The summed E-state index contributed by atoms with van der Waals surface area (Å²) in [6.45, 7) is 5.00. The predicted molar refractivity (Wildman–Crippen MR) is 87.0 cm³/mol. The molecule has 6 heteroatoms. The van der Waals surface area contributed by atoms with Crippen LogP contribution in [0.4, 0.5) is 0 Å². The van der Waals surface area contributed by atoms with E-state index in [0.29, 0.717) is 18.3 Å². The largest absolute Gasteiger partial charge is 0.441 e. The molecule has 3 rings (SSSR count). The summed E-state index contributed by atoms with van der Waals surface area (Å²) in [7, 11) is 0. The van der Waals surface area contributed by atoms with Crippen LogP contribution >= 0.6 is 0 Å². The Morgan fingerprint density at radius 1 is 1.35 bits per heavy atom. The maximum absolute atomic E-state index is 11.9. The molecule has 1 aromatic heterocycles. The standard InChI is InChI=1S/C17H23N3O3/c1-13-6-5-9-19(10-13)11-15(21)12-20-16(18-23-17(20)22)14-7-3-2-4-8-14/h2-4,7-8,13,15,21H,5-6,9-12H2,1H3/t13-,15+/m0/s1. The molecule has 2 heterocycles. The molecule has 0 radical (unpaired) electrons. The molecule has 0 unspecified atom stereocenters. The van der Waals surface area contributed by atoms with Crippen LogP contribution in [0.5, 0.6) is 0 Å². The second kappa shape index (κ2) is 7.10. The van der Waals surface area contributed by atoms with Crippen molar-refractivity contribution in [3.05, 3.63) is 40.9 Å². The fourth-order valence-electron chi connectivity index (χ4n) is 3.24. The lowest BCUT2D eigenvalue weighted by molar-refractivity contribution is 0.0756. The molecule has 1 fully saturated rings. The fraction of sp³-hybridized carbons (Fsp3) is 0.529. The third kappa shape index (κ3) is 3.89. The van der Waals surface area contributed by atoms with E-state index in [-0.39, 0.29) is 6.54 Å². The highest BCUT2D eigenvalue weighted by Gasteiger charge is 2.21. The van der Waals surface area contributed by atoms with E-state index in [9.17, 15) is 9.90 Å². The summed E-state index contributed by atoms with van der Waals surface area (Å²) in [4.78, 5) is 14.2. The van der Waals surface area contributed by atoms with Crippen LogP contribution in [0.25, 0.3) is 11.4 Å². The maximum atomic E-state index is 11.9. The van der Waals surface area contributed by atoms with Gasteiger partial charge < -0.3 is 10.0 Å². The van der Waals surface area contributed by atoms with Crippen molar-refractivity contribution in [2.24, 2.45) is 5.92 Å². The highest BCUT2D eigenvalue weighted by molar-refractivity contribution is 5.54. The Morgan fingerprint density at radius 2 is 2.13 bits per heavy atom. The Kier molecular flexibility index (Phi) is 4.93. The molecule has 1 N–H and O–H groups in total. The van der Waals surface area contributed by atoms with Crippen molar-refractivity contribution in [1.29, 1.82) is 0 Å². The molecule has 0 bridgehead atoms. The van der Waals surface area contributed by atoms with Gasteiger partial charge in [-0.3, -0.25) is 9.09 Å². The van der Waals surface area contributed by atoms with E-state index < -0.39 is 11.9 Å². The van der Waals surface area contributed by atoms with Crippen molar-refractivity contribution in [2.45, 2.75) is 32.4 Å². The molecule has 0 spiro atoms. The second-order valence-electron chi connectivity index (χ2n) is 6.41. The topological polar surface area (TPSA) is 71.5 Å². The highest BCUT2D eigenvalue weighted by atomic mass is 16.5. The van der Waals surface area contributed by atoms with Crippen LogP contribution in [-0.2, 0) is 6.54 Å². The lowest BCUT2D eigenvalue weighted by Gasteiger charge is -2.32. The van der Waals surface area contributed by atoms with Crippen LogP contribution < -0.4 is 5.76 Å². The first-order chi connectivity index (χ1) is 11.1. The summed E-state index contributed by atoms with van der Waals surface area (Å²) < 4.78 is 6.20. The summed E-state index contributed by atoms with van der Waals surface area (Å²) in [5.41, 5.74) is 0.803. The Labute approximate surface area is 135 Å². The minimum atomic E-state index is -0.625. The predicted octanol–water partition coefficient (Wildman–Crippen LogP) is 1.60. The van der Waals surface area contributed by atoms with Gasteiger partial charge in [0.1, 0.15) is 0 Å². The molecular formula is C17H23N3O3. The number of nitrogens with zero attached hydrogens (tertiary/aromatic N) is 3. The molecule has 1 saturated heterocycles. The molecule has 6 nitrogen and oxygen atoms in total. The van der Waals surface area contributed by atoms with Gasteiger partial charge in [0.25, 0.3) is 0 Å². The summed E-state index contributed by atoms with van der Waals surface area (Å²) in [5, 5.41) is 14.2. The number of piperidine rings is 1. The number of likely N-dealkylation sites (tertiary alicyclic amines) is 1. The lowest BCUT2D eigenvalue weighted by atomic mass is 10.00. The quantitative estimate of drug-likeness (QED) is 0.907. The third-order valence-corrected chi connectivity index (χ3v) is 4.32. The first kappa shape index (κ1) is 16.0. The van der Waals surface area contributed by atoms with Crippen molar-refractivity contribution < 1.29 is 9.63 Å². The van der Waals surface area contributed by atoms with Gasteiger partial charge in [0.15, 0.2) is 5.82 Å². The van der Waals surface area contributed by atoms with Crippen molar-refractivity contribution >= 4 is 0 Å². The zero-order valence-corrected chi connectivity index (χ0v) is 13.4. The van der Waals surface area contributed by atoms with Gasteiger partial charge in [-0.25, -0.2) is 4.79 Å². The normalized spacial score (nSPS) is 20.5. The van der Waals surface area contributed by atoms with E-state index in [1.54, 1.807) is 0 Å².